The van der Waals surface area contributed by atoms with Gasteiger partial charge in [-0.3, -0.25) is 19.6 Å². The highest BCUT2D eigenvalue weighted by atomic mass is 32.1. The van der Waals surface area contributed by atoms with Crippen LogP contribution >= 0.6 is 13.5 Å². The van der Waals surface area contributed by atoms with Crippen LogP contribution in [0.1, 0.15) is 39.4 Å². The maximum Gasteiger partial charge on any atom is 0.416 e. The number of nitrogens with zero attached hydrogens (tertiary/aromatic N) is 5. The van der Waals surface area contributed by atoms with Gasteiger partial charge in [0.1, 0.15) is 5.69 Å². The van der Waals surface area contributed by atoms with E-state index in [0.717, 1.165) is 12.1 Å². The average Bonchev–Trinajstić information content (AvgIpc) is 3.17. The van der Waals surface area contributed by atoms with Crippen molar-refractivity contribution in [2.45, 2.75) is 19.1 Å². The standard InChI is InChI=1S/C19H15F3N6O2.H2S/c1-11-10-27(13-5-3-12(4-6-13)19(20,21)22)17(30)15-14(9-25-28(11)15)16(29)26-18-23-7-2-8-24-18;/h2-9,11H,10H2,1H3,(H,23,24,26,29);1H2/t11-;/m0./s1. The summed E-state index contributed by atoms with van der Waals surface area (Å²) >= 11 is 0. The zero-order valence-corrected chi connectivity index (χ0v) is 17.1. The average molecular weight is 450 g/mol. The molecule has 2 amide bonds. The van der Waals surface area contributed by atoms with Gasteiger partial charge in [-0.15, -0.1) is 0 Å². The van der Waals surface area contributed by atoms with Gasteiger partial charge >= 0.3 is 6.18 Å². The minimum Gasteiger partial charge on any atom is -0.305 e. The van der Waals surface area contributed by atoms with Crippen molar-refractivity contribution in [3.05, 3.63) is 65.7 Å². The zero-order chi connectivity index (χ0) is 21.5. The van der Waals surface area contributed by atoms with E-state index >= 15 is 0 Å². The van der Waals surface area contributed by atoms with Crippen LogP contribution in [0.3, 0.4) is 0 Å². The van der Waals surface area contributed by atoms with Crippen molar-refractivity contribution in [2.24, 2.45) is 0 Å². The fourth-order valence-corrected chi connectivity index (χ4v) is 3.21. The Balaban J connectivity index is 0.00000272. The molecule has 1 N–H and O–H groups in total. The van der Waals surface area contributed by atoms with Crippen LogP contribution in [0.5, 0.6) is 0 Å². The van der Waals surface area contributed by atoms with Gasteiger partial charge in [0.2, 0.25) is 5.95 Å². The van der Waals surface area contributed by atoms with E-state index in [-0.39, 0.29) is 43.3 Å². The van der Waals surface area contributed by atoms with Gasteiger partial charge in [0.15, 0.2) is 0 Å². The van der Waals surface area contributed by atoms with Crippen molar-refractivity contribution in [1.29, 1.82) is 0 Å². The lowest BCUT2D eigenvalue weighted by molar-refractivity contribution is -0.137. The van der Waals surface area contributed by atoms with E-state index in [2.05, 4.69) is 20.4 Å². The molecule has 1 atom stereocenters. The second-order valence-corrected chi connectivity index (χ2v) is 6.69. The number of carbonyl (C=O) groups is 2. The topological polar surface area (TPSA) is 93.0 Å². The first-order valence-electron chi connectivity index (χ1n) is 8.90. The molecule has 0 radical (unpaired) electrons. The number of hydrogen-bond donors (Lipinski definition) is 1. The summed E-state index contributed by atoms with van der Waals surface area (Å²) in [7, 11) is 0. The number of aromatic nitrogens is 4. The summed E-state index contributed by atoms with van der Waals surface area (Å²) in [4.78, 5) is 34.9. The molecule has 1 aliphatic heterocycles. The van der Waals surface area contributed by atoms with Crippen molar-refractivity contribution < 1.29 is 22.8 Å². The molecule has 0 aliphatic carbocycles. The summed E-state index contributed by atoms with van der Waals surface area (Å²) in [6.07, 6.45) is -0.287. The van der Waals surface area contributed by atoms with E-state index in [1.54, 1.807) is 13.0 Å². The fourth-order valence-electron chi connectivity index (χ4n) is 3.21. The Morgan fingerprint density at radius 3 is 2.42 bits per heavy atom. The van der Waals surface area contributed by atoms with Gasteiger partial charge in [-0.2, -0.15) is 31.8 Å². The zero-order valence-electron chi connectivity index (χ0n) is 16.1. The molecule has 12 heteroatoms. The molecule has 0 fully saturated rings. The first-order valence-corrected chi connectivity index (χ1v) is 8.90. The fraction of sp³-hybridized carbons (Fsp3) is 0.211. The van der Waals surface area contributed by atoms with Crippen LogP contribution in [-0.4, -0.2) is 38.1 Å². The predicted octanol–water partition coefficient (Wildman–Crippen LogP) is 3.28. The molecule has 0 unspecified atom stereocenters. The highest BCUT2D eigenvalue weighted by molar-refractivity contribution is 7.59. The number of carbonyl (C=O) groups excluding carboxylic acids is 2. The number of nitrogens with one attached hydrogen (secondary N) is 1. The van der Waals surface area contributed by atoms with Crippen molar-refractivity contribution in [2.75, 3.05) is 16.8 Å². The van der Waals surface area contributed by atoms with Crippen molar-refractivity contribution in [1.82, 2.24) is 19.7 Å². The molecule has 31 heavy (non-hydrogen) atoms. The molecular formula is C19H17F3N6O2S. The number of rotatable bonds is 3. The Kier molecular flexibility index (Phi) is 6.02. The van der Waals surface area contributed by atoms with Gasteiger partial charge in [-0.25, -0.2) is 9.97 Å². The Labute approximate surface area is 181 Å². The molecule has 8 nitrogen and oxygen atoms in total. The Morgan fingerprint density at radius 1 is 1.16 bits per heavy atom. The van der Waals surface area contributed by atoms with E-state index < -0.39 is 23.6 Å². The SMILES string of the molecule is C[C@H]1CN(c2ccc(C(F)(F)F)cc2)C(=O)c2c(C(=O)Nc3ncccn3)cnn21.S. The summed E-state index contributed by atoms with van der Waals surface area (Å²) in [5.41, 5.74) is -0.445. The molecule has 0 spiro atoms. The maximum absolute atomic E-state index is 13.1. The lowest BCUT2D eigenvalue weighted by atomic mass is 10.1. The monoisotopic (exact) mass is 450 g/mol. The van der Waals surface area contributed by atoms with Crippen LogP contribution in [0, 0.1) is 0 Å². The first kappa shape index (κ1) is 22.3. The van der Waals surface area contributed by atoms with E-state index in [4.69, 9.17) is 0 Å². The lowest BCUT2D eigenvalue weighted by Crippen LogP contribution is -2.43. The number of anilines is 2. The van der Waals surface area contributed by atoms with Gasteiger partial charge < -0.3 is 4.90 Å². The van der Waals surface area contributed by atoms with E-state index in [9.17, 15) is 22.8 Å². The highest BCUT2D eigenvalue weighted by Crippen LogP contribution is 2.32. The summed E-state index contributed by atoms with van der Waals surface area (Å²) in [6.45, 7) is 1.99. The van der Waals surface area contributed by atoms with Crippen LogP contribution in [-0.2, 0) is 6.18 Å². The van der Waals surface area contributed by atoms with Gasteiger partial charge in [-0.1, -0.05) is 0 Å². The molecule has 162 valence electrons. The van der Waals surface area contributed by atoms with Crippen molar-refractivity contribution >= 4 is 36.9 Å². The lowest BCUT2D eigenvalue weighted by Gasteiger charge is -2.32. The molecular weight excluding hydrogens is 433 g/mol. The second kappa shape index (κ2) is 8.38. The Bertz CT molecular complexity index is 1100. The highest BCUT2D eigenvalue weighted by Gasteiger charge is 2.36. The largest absolute Gasteiger partial charge is 0.416 e. The minimum absolute atomic E-state index is 0. The van der Waals surface area contributed by atoms with Crippen LogP contribution in [0.2, 0.25) is 0 Å². The molecule has 1 aliphatic rings. The Morgan fingerprint density at radius 2 is 1.81 bits per heavy atom. The second-order valence-electron chi connectivity index (χ2n) is 6.69. The number of amides is 2. The third kappa shape index (κ3) is 4.24. The maximum atomic E-state index is 13.1. The molecule has 0 bridgehead atoms. The molecule has 3 heterocycles. The molecule has 2 aromatic heterocycles. The predicted molar refractivity (Wildman–Crippen MR) is 110 cm³/mol. The van der Waals surface area contributed by atoms with Crippen molar-refractivity contribution in [3.63, 3.8) is 0 Å². The number of halogens is 3. The number of hydrogen-bond acceptors (Lipinski definition) is 5. The third-order valence-electron chi connectivity index (χ3n) is 4.65. The van der Waals surface area contributed by atoms with E-state index in [1.807, 2.05) is 0 Å². The Hall–Kier alpha value is -3.41. The van der Waals surface area contributed by atoms with Crippen molar-refractivity contribution in [3.8, 4) is 0 Å². The van der Waals surface area contributed by atoms with Crippen LogP contribution in [0.25, 0.3) is 0 Å². The summed E-state index contributed by atoms with van der Waals surface area (Å²) in [5, 5.41) is 6.64. The van der Waals surface area contributed by atoms with Crippen LogP contribution in [0.4, 0.5) is 24.8 Å². The minimum atomic E-state index is -4.47. The first-order chi connectivity index (χ1) is 14.3. The summed E-state index contributed by atoms with van der Waals surface area (Å²) in [5.74, 6) is -1.08. The molecule has 4 rings (SSSR count). The van der Waals surface area contributed by atoms with Gasteiger partial charge in [-0.05, 0) is 37.3 Å². The van der Waals surface area contributed by atoms with Gasteiger partial charge in [0.25, 0.3) is 11.8 Å². The van der Waals surface area contributed by atoms with Gasteiger partial charge in [0, 0.05) is 24.6 Å². The molecule has 1 aromatic carbocycles. The quantitative estimate of drug-likeness (QED) is 0.661. The van der Waals surface area contributed by atoms with Crippen LogP contribution in [0.15, 0.2) is 48.9 Å². The van der Waals surface area contributed by atoms with E-state index in [0.29, 0.717) is 5.69 Å². The number of alkyl halides is 3. The number of benzene rings is 1. The summed E-state index contributed by atoms with van der Waals surface area (Å²) < 4.78 is 39.9. The molecule has 3 aromatic rings. The number of fused-ring (bicyclic) bond motifs is 1. The molecule has 0 saturated heterocycles. The third-order valence-corrected chi connectivity index (χ3v) is 4.65. The van der Waals surface area contributed by atoms with E-state index in [1.165, 1.54) is 40.3 Å². The molecule has 0 saturated carbocycles. The summed E-state index contributed by atoms with van der Waals surface area (Å²) in [6, 6.07) is 5.59. The van der Waals surface area contributed by atoms with Gasteiger partial charge in [0.05, 0.1) is 23.4 Å². The smallest absolute Gasteiger partial charge is 0.305 e. The van der Waals surface area contributed by atoms with Crippen LogP contribution < -0.4 is 10.2 Å². The normalized spacial score (nSPS) is 15.8.